The lowest BCUT2D eigenvalue weighted by Crippen LogP contribution is -2.49. The molecule has 0 spiro atoms. The van der Waals surface area contributed by atoms with Crippen LogP contribution in [0.2, 0.25) is 0 Å². The molecule has 4 rings (SSSR count). The first-order chi connectivity index (χ1) is 12.7. The largest absolute Gasteiger partial charge is 0.421 e. The molecule has 7 nitrogen and oxygen atoms in total. The first-order valence-corrected chi connectivity index (χ1v) is 9.44. The second kappa shape index (κ2) is 7.25. The molecule has 0 bridgehead atoms. The van der Waals surface area contributed by atoms with Crippen LogP contribution < -0.4 is 4.90 Å². The number of anilines is 1. The Hall–Kier alpha value is -2.74. The Balaban J connectivity index is 1.44. The number of carbonyl (C=O) groups excluding carboxylic acids is 1. The van der Waals surface area contributed by atoms with Gasteiger partial charge in [-0.1, -0.05) is 0 Å². The molecule has 3 aromatic heterocycles. The molecule has 26 heavy (non-hydrogen) atoms. The fourth-order valence-corrected chi connectivity index (χ4v) is 3.74. The van der Waals surface area contributed by atoms with Gasteiger partial charge in [-0.2, -0.15) is 11.3 Å². The summed E-state index contributed by atoms with van der Waals surface area (Å²) in [7, 11) is 0. The third-order valence-corrected chi connectivity index (χ3v) is 5.14. The van der Waals surface area contributed by atoms with E-state index in [9.17, 15) is 4.79 Å². The van der Waals surface area contributed by atoms with Crippen LogP contribution in [0.5, 0.6) is 0 Å². The molecule has 0 aromatic carbocycles. The summed E-state index contributed by atoms with van der Waals surface area (Å²) in [6.07, 6.45) is 2.23. The summed E-state index contributed by atoms with van der Waals surface area (Å²) in [4.78, 5) is 21.1. The highest BCUT2D eigenvalue weighted by molar-refractivity contribution is 7.08. The lowest BCUT2D eigenvalue weighted by Gasteiger charge is -2.36. The molecule has 0 N–H and O–H groups in total. The van der Waals surface area contributed by atoms with Crippen LogP contribution in [0.25, 0.3) is 11.5 Å². The third-order valence-electron chi connectivity index (χ3n) is 4.41. The van der Waals surface area contributed by atoms with Gasteiger partial charge in [-0.15, -0.1) is 10.2 Å². The van der Waals surface area contributed by atoms with E-state index in [0.29, 0.717) is 31.3 Å². The first kappa shape index (κ1) is 16.7. The zero-order valence-electron chi connectivity index (χ0n) is 14.5. The van der Waals surface area contributed by atoms with Gasteiger partial charge >= 0.3 is 0 Å². The molecule has 0 unspecified atom stereocenters. The summed E-state index contributed by atoms with van der Waals surface area (Å²) in [5.41, 5.74) is 1.91. The minimum Gasteiger partial charge on any atom is -0.421 e. The van der Waals surface area contributed by atoms with Crippen molar-refractivity contribution < 1.29 is 9.21 Å². The Morgan fingerprint density at radius 3 is 2.77 bits per heavy atom. The minimum absolute atomic E-state index is 0.178. The summed E-state index contributed by atoms with van der Waals surface area (Å²) in [6, 6.07) is 5.80. The topological polar surface area (TPSA) is 75.4 Å². The van der Waals surface area contributed by atoms with E-state index in [1.807, 2.05) is 33.9 Å². The Labute approximate surface area is 155 Å². The van der Waals surface area contributed by atoms with Gasteiger partial charge in [-0.25, -0.2) is 4.98 Å². The fourth-order valence-electron chi connectivity index (χ4n) is 3.07. The van der Waals surface area contributed by atoms with Gasteiger partial charge in [0.1, 0.15) is 5.82 Å². The standard InChI is InChI=1S/C18H19N5O2S/c1-13-20-21-18(25-13)15-3-2-5-19-17(15)23-8-6-22(7-9-23)16(24)11-14-4-10-26-12-14/h2-5,10,12H,6-9,11H2,1H3. The quantitative estimate of drug-likeness (QED) is 0.703. The van der Waals surface area contributed by atoms with Gasteiger partial charge in [0.05, 0.1) is 12.0 Å². The Morgan fingerprint density at radius 1 is 1.23 bits per heavy atom. The van der Waals surface area contributed by atoms with Gasteiger partial charge in [0.25, 0.3) is 5.89 Å². The molecule has 1 fully saturated rings. The van der Waals surface area contributed by atoms with Crippen molar-refractivity contribution in [3.63, 3.8) is 0 Å². The van der Waals surface area contributed by atoms with Gasteiger partial charge in [-0.3, -0.25) is 4.79 Å². The molecule has 0 aliphatic carbocycles. The van der Waals surface area contributed by atoms with Crippen molar-refractivity contribution in [2.24, 2.45) is 0 Å². The van der Waals surface area contributed by atoms with E-state index in [2.05, 4.69) is 20.1 Å². The normalized spacial score (nSPS) is 14.7. The Kier molecular flexibility index (Phi) is 4.66. The molecule has 1 aliphatic heterocycles. The van der Waals surface area contributed by atoms with Crippen LogP contribution in [0.1, 0.15) is 11.5 Å². The lowest BCUT2D eigenvalue weighted by atomic mass is 10.2. The molecule has 1 amide bonds. The molecule has 1 saturated heterocycles. The highest BCUT2D eigenvalue weighted by Gasteiger charge is 2.24. The smallest absolute Gasteiger partial charge is 0.251 e. The average Bonchev–Trinajstić information content (AvgIpc) is 3.33. The maximum absolute atomic E-state index is 12.5. The molecule has 1 aliphatic rings. The Bertz CT molecular complexity index is 885. The van der Waals surface area contributed by atoms with E-state index in [1.165, 1.54) is 0 Å². The predicted octanol–water partition coefficient (Wildman–Crippen LogP) is 2.39. The van der Waals surface area contributed by atoms with E-state index in [1.54, 1.807) is 24.5 Å². The summed E-state index contributed by atoms with van der Waals surface area (Å²) < 4.78 is 5.57. The highest BCUT2D eigenvalue weighted by Crippen LogP contribution is 2.28. The van der Waals surface area contributed by atoms with E-state index >= 15 is 0 Å². The molecule has 4 heterocycles. The van der Waals surface area contributed by atoms with Crippen molar-refractivity contribution in [1.82, 2.24) is 20.1 Å². The van der Waals surface area contributed by atoms with Crippen LogP contribution in [0.3, 0.4) is 0 Å². The van der Waals surface area contributed by atoms with Gasteiger partial charge < -0.3 is 14.2 Å². The number of amides is 1. The number of carbonyl (C=O) groups is 1. The lowest BCUT2D eigenvalue weighted by molar-refractivity contribution is -0.130. The van der Waals surface area contributed by atoms with Gasteiger partial charge in [-0.05, 0) is 34.5 Å². The first-order valence-electron chi connectivity index (χ1n) is 8.50. The number of nitrogens with zero attached hydrogens (tertiary/aromatic N) is 5. The molecule has 3 aromatic rings. The predicted molar refractivity (Wildman–Crippen MR) is 99.1 cm³/mol. The second-order valence-electron chi connectivity index (χ2n) is 6.18. The zero-order chi connectivity index (χ0) is 17.9. The second-order valence-corrected chi connectivity index (χ2v) is 6.96. The molecule has 0 atom stereocenters. The molecular formula is C18H19N5O2S. The molecule has 0 saturated carbocycles. The zero-order valence-corrected chi connectivity index (χ0v) is 15.3. The third kappa shape index (κ3) is 3.45. The molecule has 134 valence electrons. The summed E-state index contributed by atoms with van der Waals surface area (Å²) in [6.45, 7) is 4.59. The fraction of sp³-hybridized carbons (Fsp3) is 0.333. The van der Waals surface area contributed by atoms with Crippen LogP contribution in [0.15, 0.2) is 39.6 Å². The number of pyridine rings is 1. The van der Waals surface area contributed by atoms with Crippen molar-refractivity contribution in [2.45, 2.75) is 13.3 Å². The highest BCUT2D eigenvalue weighted by atomic mass is 32.1. The maximum atomic E-state index is 12.5. The molecular weight excluding hydrogens is 350 g/mol. The van der Waals surface area contributed by atoms with Gasteiger partial charge in [0.15, 0.2) is 0 Å². The van der Waals surface area contributed by atoms with Crippen molar-refractivity contribution >= 4 is 23.1 Å². The van der Waals surface area contributed by atoms with Gasteiger partial charge in [0.2, 0.25) is 11.8 Å². The number of thiophene rings is 1. The molecule has 0 radical (unpaired) electrons. The van der Waals surface area contributed by atoms with Crippen LogP contribution in [0, 0.1) is 6.92 Å². The van der Waals surface area contributed by atoms with Crippen molar-refractivity contribution in [3.8, 4) is 11.5 Å². The number of hydrogen-bond acceptors (Lipinski definition) is 7. The Morgan fingerprint density at radius 2 is 2.08 bits per heavy atom. The van der Waals surface area contributed by atoms with Crippen molar-refractivity contribution in [3.05, 3.63) is 46.6 Å². The number of hydrogen-bond donors (Lipinski definition) is 0. The van der Waals surface area contributed by atoms with Crippen molar-refractivity contribution in [1.29, 1.82) is 0 Å². The van der Waals surface area contributed by atoms with E-state index in [4.69, 9.17) is 4.42 Å². The summed E-state index contributed by atoms with van der Waals surface area (Å²) in [5, 5.41) is 12.0. The monoisotopic (exact) mass is 369 g/mol. The van der Waals surface area contributed by atoms with Crippen LogP contribution >= 0.6 is 11.3 Å². The number of piperazine rings is 1. The van der Waals surface area contributed by atoms with Crippen molar-refractivity contribution in [2.75, 3.05) is 31.1 Å². The minimum atomic E-state index is 0.178. The SMILES string of the molecule is Cc1nnc(-c2cccnc2N2CCN(C(=O)Cc3ccsc3)CC2)o1. The van der Waals surface area contributed by atoms with Crippen LogP contribution in [-0.2, 0) is 11.2 Å². The van der Waals surface area contributed by atoms with Crippen LogP contribution in [-0.4, -0.2) is 52.2 Å². The van der Waals surface area contributed by atoms with Crippen LogP contribution in [0.4, 0.5) is 5.82 Å². The summed E-state index contributed by atoms with van der Waals surface area (Å²) in [5.74, 6) is 2.00. The summed E-state index contributed by atoms with van der Waals surface area (Å²) >= 11 is 1.62. The van der Waals surface area contributed by atoms with Gasteiger partial charge in [0, 0.05) is 39.3 Å². The average molecular weight is 369 g/mol. The van der Waals surface area contributed by atoms with E-state index in [0.717, 1.165) is 30.0 Å². The number of aromatic nitrogens is 3. The van der Waals surface area contributed by atoms with E-state index in [-0.39, 0.29) is 5.91 Å². The van der Waals surface area contributed by atoms with E-state index < -0.39 is 0 Å². The maximum Gasteiger partial charge on any atom is 0.251 e. The number of rotatable bonds is 4. The molecule has 8 heteroatoms. The number of aryl methyl sites for hydroxylation is 1.